The standard InChI is InChI=1S/C21H21N3OS2/c25-20(24-23-17-6-2-1-3-7-17)16-12-10-15(11-13-16)14-26-21-22-18-8-4-5-9-19(18)27-21/h4-6,8-13,23H,1-3,7,14H2,(H,24,25). The van der Waals surface area contributed by atoms with Gasteiger partial charge in [0.15, 0.2) is 4.34 Å². The van der Waals surface area contributed by atoms with E-state index in [0.29, 0.717) is 5.56 Å². The normalized spacial score (nSPS) is 14.0. The molecule has 2 aromatic carbocycles. The van der Waals surface area contributed by atoms with Crippen molar-refractivity contribution in [1.82, 2.24) is 15.8 Å². The van der Waals surface area contributed by atoms with Crippen molar-refractivity contribution in [2.45, 2.75) is 35.8 Å². The Hall–Kier alpha value is -2.31. The molecule has 0 aliphatic heterocycles. The van der Waals surface area contributed by atoms with Crippen LogP contribution in [0.2, 0.25) is 0 Å². The number of nitrogens with one attached hydrogen (secondary N) is 2. The van der Waals surface area contributed by atoms with Gasteiger partial charge in [-0.05, 0) is 55.5 Å². The number of para-hydroxylation sites is 1. The number of benzene rings is 2. The topological polar surface area (TPSA) is 54.0 Å². The molecule has 27 heavy (non-hydrogen) atoms. The molecule has 1 aromatic heterocycles. The molecule has 0 spiro atoms. The Balaban J connectivity index is 1.31. The SMILES string of the molecule is O=C(NNC1=CCCCC1)c1ccc(CSc2nc3ccccc3s2)cc1. The molecule has 0 bridgehead atoms. The van der Waals surface area contributed by atoms with Gasteiger partial charge in [0, 0.05) is 17.0 Å². The summed E-state index contributed by atoms with van der Waals surface area (Å²) in [6.07, 6.45) is 6.65. The first-order valence-electron chi connectivity index (χ1n) is 9.11. The van der Waals surface area contributed by atoms with Gasteiger partial charge in [0.05, 0.1) is 10.2 Å². The Morgan fingerprint density at radius 2 is 1.96 bits per heavy atom. The van der Waals surface area contributed by atoms with Gasteiger partial charge in [-0.3, -0.25) is 10.2 Å². The molecule has 4 nitrogen and oxygen atoms in total. The van der Waals surface area contributed by atoms with Crippen LogP contribution in [0.5, 0.6) is 0 Å². The van der Waals surface area contributed by atoms with E-state index in [1.165, 1.54) is 23.1 Å². The Kier molecular flexibility index (Phi) is 5.75. The van der Waals surface area contributed by atoms with Crippen LogP contribution in [0.1, 0.15) is 41.6 Å². The average molecular weight is 396 g/mol. The molecule has 0 radical (unpaired) electrons. The van der Waals surface area contributed by atoms with Crippen LogP contribution >= 0.6 is 23.1 Å². The maximum Gasteiger partial charge on any atom is 0.269 e. The van der Waals surface area contributed by atoms with Crippen LogP contribution in [0, 0.1) is 0 Å². The number of nitrogens with zero attached hydrogens (tertiary/aromatic N) is 1. The number of thioether (sulfide) groups is 1. The summed E-state index contributed by atoms with van der Waals surface area (Å²) in [5, 5.41) is 0. The second-order valence-electron chi connectivity index (χ2n) is 6.49. The molecule has 4 rings (SSSR count). The number of carbonyl (C=O) groups excluding carboxylic acids is 1. The molecule has 3 aromatic rings. The Labute approximate surface area is 167 Å². The van der Waals surface area contributed by atoms with E-state index in [4.69, 9.17) is 0 Å². The fraction of sp³-hybridized carbons (Fsp3) is 0.238. The first-order valence-corrected chi connectivity index (χ1v) is 10.9. The van der Waals surface area contributed by atoms with Gasteiger partial charge in [-0.2, -0.15) is 0 Å². The van der Waals surface area contributed by atoms with Crippen LogP contribution < -0.4 is 10.9 Å². The van der Waals surface area contributed by atoms with Crippen molar-refractivity contribution in [3.8, 4) is 0 Å². The number of hydrogen-bond acceptors (Lipinski definition) is 5. The van der Waals surface area contributed by atoms with Gasteiger partial charge in [-0.1, -0.05) is 42.1 Å². The number of amides is 1. The number of allylic oxidation sites excluding steroid dienone is 2. The molecule has 0 unspecified atom stereocenters. The minimum Gasteiger partial charge on any atom is -0.303 e. The molecule has 1 heterocycles. The van der Waals surface area contributed by atoms with Gasteiger partial charge in [0.2, 0.25) is 0 Å². The third-order valence-electron chi connectivity index (χ3n) is 4.48. The molecule has 0 saturated heterocycles. The summed E-state index contributed by atoms with van der Waals surface area (Å²) in [5.41, 5.74) is 9.84. The maximum absolute atomic E-state index is 12.3. The Bertz CT molecular complexity index is 930. The zero-order valence-electron chi connectivity index (χ0n) is 14.9. The molecular weight excluding hydrogens is 374 g/mol. The van der Waals surface area contributed by atoms with Crippen molar-refractivity contribution in [3.63, 3.8) is 0 Å². The van der Waals surface area contributed by atoms with E-state index in [1.54, 1.807) is 23.1 Å². The predicted octanol–water partition coefficient (Wildman–Crippen LogP) is 5.28. The smallest absolute Gasteiger partial charge is 0.269 e. The number of fused-ring (bicyclic) bond motifs is 1. The van der Waals surface area contributed by atoms with Crippen LogP contribution in [0.4, 0.5) is 0 Å². The van der Waals surface area contributed by atoms with E-state index < -0.39 is 0 Å². The summed E-state index contributed by atoms with van der Waals surface area (Å²) < 4.78 is 2.29. The third-order valence-corrected chi connectivity index (χ3v) is 6.73. The van der Waals surface area contributed by atoms with E-state index in [1.807, 2.05) is 42.5 Å². The second-order valence-corrected chi connectivity index (χ2v) is 8.74. The molecule has 6 heteroatoms. The van der Waals surface area contributed by atoms with Gasteiger partial charge in [-0.25, -0.2) is 4.98 Å². The zero-order valence-corrected chi connectivity index (χ0v) is 16.5. The number of thiazole rings is 1. The zero-order chi connectivity index (χ0) is 18.5. The van der Waals surface area contributed by atoms with E-state index in [0.717, 1.165) is 34.1 Å². The number of hydrogen-bond donors (Lipinski definition) is 2. The summed E-state index contributed by atoms with van der Waals surface area (Å²) in [4.78, 5) is 16.9. The second kappa shape index (κ2) is 8.59. The third kappa shape index (κ3) is 4.70. The fourth-order valence-electron chi connectivity index (χ4n) is 2.97. The highest BCUT2D eigenvalue weighted by molar-refractivity contribution is 8.00. The summed E-state index contributed by atoms with van der Waals surface area (Å²) >= 11 is 3.45. The summed E-state index contributed by atoms with van der Waals surface area (Å²) in [6, 6.07) is 16.0. The van der Waals surface area contributed by atoms with Crippen molar-refractivity contribution in [2.75, 3.05) is 0 Å². The van der Waals surface area contributed by atoms with Crippen LogP contribution in [0.25, 0.3) is 10.2 Å². The molecule has 0 fully saturated rings. The Morgan fingerprint density at radius 1 is 1.11 bits per heavy atom. The van der Waals surface area contributed by atoms with Crippen LogP contribution in [0.3, 0.4) is 0 Å². The lowest BCUT2D eigenvalue weighted by atomic mass is 10.1. The lowest BCUT2D eigenvalue weighted by Gasteiger charge is -2.15. The highest BCUT2D eigenvalue weighted by atomic mass is 32.2. The minimum atomic E-state index is -0.105. The van der Waals surface area contributed by atoms with Crippen molar-refractivity contribution in [3.05, 3.63) is 71.4 Å². The van der Waals surface area contributed by atoms with E-state index in [-0.39, 0.29) is 5.91 Å². The van der Waals surface area contributed by atoms with Gasteiger partial charge in [0.25, 0.3) is 5.91 Å². The van der Waals surface area contributed by atoms with E-state index in [2.05, 4.69) is 28.0 Å². The number of carbonyl (C=O) groups is 1. The molecule has 1 amide bonds. The predicted molar refractivity (Wildman–Crippen MR) is 113 cm³/mol. The highest BCUT2D eigenvalue weighted by Crippen LogP contribution is 2.31. The highest BCUT2D eigenvalue weighted by Gasteiger charge is 2.08. The number of rotatable bonds is 6. The summed E-state index contributed by atoms with van der Waals surface area (Å²) in [5.74, 6) is 0.735. The largest absolute Gasteiger partial charge is 0.303 e. The quantitative estimate of drug-likeness (QED) is 0.440. The maximum atomic E-state index is 12.3. The van der Waals surface area contributed by atoms with Crippen LogP contribution in [-0.4, -0.2) is 10.9 Å². The molecule has 2 N–H and O–H groups in total. The van der Waals surface area contributed by atoms with Gasteiger partial charge < -0.3 is 5.43 Å². The minimum absolute atomic E-state index is 0.105. The van der Waals surface area contributed by atoms with Gasteiger partial charge in [-0.15, -0.1) is 11.3 Å². The molecular formula is C21H21N3OS2. The van der Waals surface area contributed by atoms with Crippen molar-refractivity contribution < 1.29 is 4.79 Å². The first-order chi connectivity index (χ1) is 13.3. The monoisotopic (exact) mass is 395 g/mol. The molecule has 1 aliphatic rings. The van der Waals surface area contributed by atoms with Crippen LogP contribution in [-0.2, 0) is 5.75 Å². The summed E-state index contributed by atoms with van der Waals surface area (Å²) in [6.45, 7) is 0. The van der Waals surface area contributed by atoms with E-state index in [9.17, 15) is 4.79 Å². The first kappa shape index (κ1) is 18.1. The lowest BCUT2D eigenvalue weighted by Crippen LogP contribution is -2.37. The number of aromatic nitrogens is 1. The fourth-order valence-corrected chi connectivity index (χ4v) is 5.00. The molecule has 0 saturated carbocycles. The summed E-state index contributed by atoms with van der Waals surface area (Å²) in [7, 11) is 0. The van der Waals surface area contributed by atoms with Gasteiger partial charge in [0.1, 0.15) is 0 Å². The average Bonchev–Trinajstić information content (AvgIpc) is 3.15. The molecule has 1 aliphatic carbocycles. The van der Waals surface area contributed by atoms with Crippen molar-refractivity contribution in [2.24, 2.45) is 0 Å². The lowest BCUT2D eigenvalue weighted by molar-refractivity contribution is 0.0938. The van der Waals surface area contributed by atoms with Gasteiger partial charge >= 0.3 is 0 Å². The van der Waals surface area contributed by atoms with Crippen molar-refractivity contribution in [1.29, 1.82) is 0 Å². The van der Waals surface area contributed by atoms with E-state index >= 15 is 0 Å². The molecule has 138 valence electrons. The molecule has 0 atom stereocenters. The number of hydrazine groups is 1. The van der Waals surface area contributed by atoms with Crippen LogP contribution in [0.15, 0.2) is 64.6 Å². The van der Waals surface area contributed by atoms with Crippen molar-refractivity contribution >= 4 is 39.2 Å². The Morgan fingerprint density at radius 3 is 2.74 bits per heavy atom.